The van der Waals surface area contributed by atoms with Crippen LogP contribution in [0.2, 0.25) is 0 Å². The lowest BCUT2D eigenvalue weighted by molar-refractivity contribution is -0.0328. The smallest absolute Gasteiger partial charge is 0.379 e. The summed E-state index contributed by atoms with van der Waals surface area (Å²) in [6.07, 6.45) is 0.827. The number of thioether (sulfide) groups is 2. The number of hydrogen-bond acceptors (Lipinski definition) is 5. The van der Waals surface area contributed by atoms with Gasteiger partial charge in [0.05, 0.1) is 5.54 Å². The summed E-state index contributed by atoms with van der Waals surface area (Å²) in [7, 11) is 0. The lowest BCUT2D eigenvalue weighted by Gasteiger charge is -2.30. The molecule has 9 heteroatoms. The zero-order valence-corrected chi connectivity index (χ0v) is 16.5. The number of amides is 1. The Morgan fingerprint density at radius 1 is 1.25 bits per heavy atom. The molecule has 28 heavy (non-hydrogen) atoms. The summed E-state index contributed by atoms with van der Waals surface area (Å²) in [5.41, 5.74) is 2.86. The average molecular weight is 426 g/mol. The molecule has 1 unspecified atom stereocenters. The summed E-state index contributed by atoms with van der Waals surface area (Å²) in [5.74, 6) is 0.470. The molecule has 1 amide bonds. The molecular formula is C19H18F3N3OS2. The van der Waals surface area contributed by atoms with E-state index in [-0.39, 0.29) is 22.2 Å². The minimum Gasteiger partial charge on any atom is -0.379 e. The SMILES string of the molecule is CC1(c2cccc(NC(=O)c3ccc(SC(F)(F)F)cc3)c2)CCSC(N)=N1. The van der Waals surface area contributed by atoms with Crippen molar-refractivity contribution in [3.05, 3.63) is 59.7 Å². The molecule has 2 aromatic carbocycles. The zero-order chi connectivity index (χ0) is 20.4. The number of hydrogen-bond donors (Lipinski definition) is 2. The fourth-order valence-electron chi connectivity index (χ4n) is 2.84. The van der Waals surface area contributed by atoms with E-state index in [4.69, 9.17) is 5.73 Å². The Morgan fingerprint density at radius 3 is 2.61 bits per heavy atom. The normalized spacial score (nSPS) is 19.8. The van der Waals surface area contributed by atoms with Gasteiger partial charge in [-0.2, -0.15) is 13.2 Å². The predicted molar refractivity (Wildman–Crippen MR) is 109 cm³/mol. The van der Waals surface area contributed by atoms with E-state index in [2.05, 4.69) is 10.3 Å². The Balaban J connectivity index is 1.74. The van der Waals surface area contributed by atoms with Crippen molar-refractivity contribution in [3.8, 4) is 0 Å². The Morgan fingerprint density at radius 2 is 1.96 bits per heavy atom. The molecule has 0 fully saturated rings. The van der Waals surface area contributed by atoms with Crippen LogP contribution in [-0.2, 0) is 5.54 Å². The highest BCUT2D eigenvalue weighted by atomic mass is 32.2. The molecular weight excluding hydrogens is 407 g/mol. The number of alkyl halides is 3. The second-order valence-corrected chi connectivity index (χ2v) is 8.68. The molecule has 1 aliphatic heterocycles. The van der Waals surface area contributed by atoms with E-state index in [0.717, 1.165) is 17.7 Å². The van der Waals surface area contributed by atoms with Crippen molar-refractivity contribution in [3.63, 3.8) is 0 Å². The van der Waals surface area contributed by atoms with Gasteiger partial charge in [-0.1, -0.05) is 23.9 Å². The van der Waals surface area contributed by atoms with Crippen LogP contribution in [0.3, 0.4) is 0 Å². The van der Waals surface area contributed by atoms with Crippen LogP contribution in [-0.4, -0.2) is 22.3 Å². The van der Waals surface area contributed by atoms with Crippen LogP contribution in [0, 0.1) is 0 Å². The summed E-state index contributed by atoms with van der Waals surface area (Å²) >= 11 is 1.30. The van der Waals surface area contributed by atoms with Crippen LogP contribution in [0.5, 0.6) is 0 Å². The molecule has 0 spiro atoms. The van der Waals surface area contributed by atoms with E-state index < -0.39 is 17.0 Å². The van der Waals surface area contributed by atoms with Gasteiger partial charge in [-0.15, -0.1) is 0 Å². The first-order valence-corrected chi connectivity index (χ1v) is 10.2. The van der Waals surface area contributed by atoms with E-state index in [1.165, 1.54) is 36.0 Å². The summed E-state index contributed by atoms with van der Waals surface area (Å²) in [6.45, 7) is 2.00. The lowest BCUT2D eigenvalue weighted by Crippen LogP contribution is -2.28. The van der Waals surface area contributed by atoms with E-state index >= 15 is 0 Å². The maximum Gasteiger partial charge on any atom is 0.446 e. The Kier molecular flexibility index (Phi) is 5.95. The van der Waals surface area contributed by atoms with Gasteiger partial charge in [0.1, 0.15) is 0 Å². The third-order valence-corrected chi connectivity index (χ3v) is 5.82. The average Bonchev–Trinajstić information content (AvgIpc) is 2.61. The highest BCUT2D eigenvalue weighted by Crippen LogP contribution is 2.37. The van der Waals surface area contributed by atoms with Crippen molar-refractivity contribution in [1.82, 2.24) is 0 Å². The highest BCUT2D eigenvalue weighted by molar-refractivity contribution is 8.13. The molecule has 0 aliphatic carbocycles. The van der Waals surface area contributed by atoms with Gasteiger partial charge < -0.3 is 11.1 Å². The number of anilines is 1. The van der Waals surface area contributed by atoms with Crippen LogP contribution in [0.25, 0.3) is 0 Å². The molecule has 1 heterocycles. The van der Waals surface area contributed by atoms with Crippen LogP contribution < -0.4 is 11.1 Å². The molecule has 148 valence electrons. The van der Waals surface area contributed by atoms with Crippen molar-refractivity contribution >= 4 is 40.3 Å². The van der Waals surface area contributed by atoms with Crippen LogP contribution >= 0.6 is 23.5 Å². The lowest BCUT2D eigenvalue weighted by atomic mass is 9.89. The van der Waals surface area contributed by atoms with Crippen molar-refractivity contribution < 1.29 is 18.0 Å². The topological polar surface area (TPSA) is 67.5 Å². The molecule has 0 saturated heterocycles. The molecule has 0 radical (unpaired) electrons. The molecule has 1 atom stereocenters. The van der Waals surface area contributed by atoms with Crippen LogP contribution in [0.1, 0.15) is 29.3 Å². The molecule has 0 saturated carbocycles. The molecule has 0 aromatic heterocycles. The van der Waals surface area contributed by atoms with Gasteiger partial charge in [-0.3, -0.25) is 9.79 Å². The van der Waals surface area contributed by atoms with Crippen molar-refractivity contribution in [1.29, 1.82) is 0 Å². The Hall–Kier alpha value is -2.13. The maximum atomic E-state index is 12.4. The Labute approximate surface area is 169 Å². The number of nitrogens with one attached hydrogen (secondary N) is 1. The number of aliphatic imine (C=N–C) groups is 1. The molecule has 4 nitrogen and oxygen atoms in total. The van der Waals surface area contributed by atoms with E-state index in [0.29, 0.717) is 10.9 Å². The first kappa shape index (κ1) is 20.6. The number of halogens is 3. The van der Waals surface area contributed by atoms with Gasteiger partial charge in [-0.05, 0) is 67.1 Å². The van der Waals surface area contributed by atoms with Gasteiger partial charge in [0.15, 0.2) is 5.17 Å². The predicted octanol–water partition coefficient (Wildman–Crippen LogP) is 5.22. The standard InChI is InChI=1S/C19H18F3N3OS2/c1-18(9-10-27-17(23)25-18)13-3-2-4-14(11-13)24-16(26)12-5-7-15(8-6-12)28-19(20,21)22/h2-8,11H,9-10H2,1H3,(H2,23,25)(H,24,26). The highest BCUT2D eigenvalue weighted by Gasteiger charge is 2.30. The quantitative estimate of drug-likeness (QED) is 0.660. The zero-order valence-electron chi connectivity index (χ0n) is 14.9. The molecule has 0 bridgehead atoms. The molecule has 2 aromatic rings. The first-order chi connectivity index (χ1) is 13.1. The van der Waals surface area contributed by atoms with E-state index in [1.807, 2.05) is 25.1 Å². The number of nitrogens with zero attached hydrogens (tertiary/aromatic N) is 1. The van der Waals surface area contributed by atoms with Crippen LogP contribution in [0.4, 0.5) is 18.9 Å². The second kappa shape index (κ2) is 8.08. The van der Waals surface area contributed by atoms with Crippen molar-refractivity contribution in [2.75, 3.05) is 11.1 Å². The number of rotatable bonds is 4. The monoisotopic (exact) mass is 425 g/mol. The minimum atomic E-state index is -4.36. The fourth-order valence-corrected chi connectivity index (χ4v) is 4.35. The number of carbonyl (C=O) groups is 1. The molecule has 3 N–H and O–H groups in total. The Bertz CT molecular complexity index is 900. The summed E-state index contributed by atoms with van der Waals surface area (Å²) in [5, 5.41) is 3.32. The third kappa shape index (κ3) is 5.23. The van der Waals surface area contributed by atoms with E-state index in [1.54, 1.807) is 6.07 Å². The van der Waals surface area contributed by atoms with Gasteiger partial charge in [0.2, 0.25) is 0 Å². The maximum absolute atomic E-state index is 12.4. The number of nitrogens with two attached hydrogens (primary N) is 1. The fraction of sp³-hybridized carbons (Fsp3) is 0.263. The van der Waals surface area contributed by atoms with Crippen LogP contribution in [0.15, 0.2) is 58.4 Å². The van der Waals surface area contributed by atoms with Gasteiger partial charge >= 0.3 is 5.51 Å². The summed E-state index contributed by atoms with van der Waals surface area (Å²) in [4.78, 5) is 17.0. The van der Waals surface area contributed by atoms with Gasteiger partial charge in [-0.25, -0.2) is 0 Å². The number of amidine groups is 1. The molecule has 3 rings (SSSR count). The van der Waals surface area contributed by atoms with Crippen molar-refractivity contribution in [2.45, 2.75) is 29.3 Å². The summed E-state index contributed by atoms with van der Waals surface area (Å²) in [6, 6.07) is 12.7. The number of benzene rings is 2. The minimum absolute atomic E-state index is 0.0320. The second-order valence-electron chi connectivity index (χ2n) is 6.43. The third-order valence-electron chi connectivity index (χ3n) is 4.29. The number of carbonyl (C=O) groups excluding carboxylic acids is 1. The van der Waals surface area contributed by atoms with Gasteiger partial charge in [0, 0.05) is 21.9 Å². The van der Waals surface area contributed by atoms with E-state index in [9.17, 15) is 18.0 Å². The largest absolute Gasteiger partial charge is 0.446 e. The van der Waals surface area contributed by atoms with Gasteiger partial charge in [0.25, 0.3) is 5.91 Å². The summed E-state index contributed by atoms with van der Waals surface area (Å²) < 4.78 is 37.2. The first-order valence-electron chi connectivity index (χ1n) is 8.40. The van der Waals surface area contributed by atoms with Crippen molar-refractivity contribution in [2.24, 2.45) is 10.7 Å². The molecule has 1 aliphatic rings.